The number of nitrogens with two attached hydrogens (primary N) is 1. The quantitative estimate of drug-likeness (QED) is 0.0622. The predicted octanol–water partition coefficient (Wildman–Crippen LogP) is 7.24. The fraction of sp³-hybridized carbons (Fsp3) is 0.273. The van der Waals surface area contributed by atoms with E-state index in [0.717, 1.165) is 0 Å². The molecule has 0 bridgehead atoms. The van der Waals surface area contributed by atoms with Gasteiger partial charge in [-0.05, 0) is 29.7 Å². The van der Waals surface area contributed by atoms with Crippen LogP contribution in [0.25, 0.3) is 10.8 Å². The second kappa shape index (κ2) is 17.3. The van der Waals surface area contributed by atoms with Crippen molar-refractivity contribution in [2.45, 2.75) is 32.6 Å². The second-order valence-electron chi connectivity index (χ2n) is 5.96. The van der Waals surface area contributed by atoms with Crippen LogP contribution in [0.15, 0.2) is 73.9 Å². The van der Waals surface area contributed by atoms with E-state index in [9.17, 15) is 13.5 Å². The molecule has 3 aromatic carbocycles. The first-order chi connectivity index (χ1) is 17.2. The van der Waals surface area contributed by atoms with Gasteiger partial charge in [0.2, 0.25) is 0 Å². The number of nitrogen functional groups attached to an aromatic ring is 1. The molecule has 0 unspecified atom stereocenters. The number of aromatic hydroxyl groups is 1. The normalized spacial score (nSPS) is 10.8. The lowest BCUT2D eigenvalue weighted by Gasteiger charge is -2.12. The summed E-state index contributed by atoms with van der Waals surface area (Å²) in [5, 5.41) is 39.5. The Morgan fingerprint density at radius 2 is 1.56 bits per heavy atom. The summed E-state index contributed by atoms with van der Waals surface area (Å²) in [7, 11) is -2.19. The summed E-state index contributed by atoms with van der Waals surface area (Å²) in [4.78, 5) is 0.442. The molecule has 3 aromatic rings. The van der Waals surface area contributed by atoms with E-state index < -0.39 is 10.1 Å². The van der Waals surface area contributed by atoms with Gasteiger partial charge in [0, 0.05) is 7.05 Å². The molecule has 0 aliphatic carbocycles. The first-order valence-electron chi connectivity index (χ1n) is 10.6. The van der Waals surface area contributed by atoms with Crippen molar-refractivity contribution in [2.24, 2.45) is 20.5 Å². The van der Waals surface area contributed by atoms with Crippen molar-refractivity contribution >= 4 is 55.7 Å². The van der Waals surface area contributed by atoms with Gasteiger partial charge in [-0.1, -0.05) is 57.0 Å². The maximum atomic E-state index is 10.7. The molecule has 198 valence electrons. The van der Waals surface area contributed by atoms with Crippen LogP contribution in [0.1, 0.15) is 27.7 Å². The highest BCUT2D eigenvalue weighted by molar-refractivity contribution is 7.94. The SMILES string of the molecule is CC.CC.CN=Nc1c(SOOO)cc2ccc(N=Nc3ccccc3)c(O)c2c1N.CS(=O)(=O)O. The minimum absolute atomic E-state index is 0.131. The van der Waals surface area contributed by atoms with Crippen LogP contribution >= 0.6 is 12.0 Å². The van der Waals surface area contributed by atoms with E-state index in [1.807, 2.05) is 45.9 Å². The highest BCUT2D eigenvalue weighted by Gasteiger charge is 2.17. The summed E-state index contributed by atoms with van der Waals surface area (Å²) in [5.74, 6) is -0.131. The van der Waals surface area contributed by atoms with Crippen LogP contribution in [0.3, 0.4) is 0 Å². The Morgan fingerprint density at radius 3 is 2.08 bits per heavy atom. The van der Waals surface area contributed by atoms with Crippen molar-refractivity contribution in [3.05, 3.63) is 48.5 Å². The van der Waals surface area contributed by atoms with Crippen LogP contribution in [0.2, 0.25) is 0 Å². The number of phenols is 1. The second-order valence-corrected chi connectivity index (χ2v) is 8.17. The van der Waals surface area contributed by atoms with E-state index >= 15 is 0 Å². The lowest BCUT2D eigenvalue weighted by Crippen LogP contribution is -1.92. The molecule has 12 nitrogen and oxygen atoms in total. The van der Waals surface area contributed by atoms with E-state index in [1.54, 1.807) is 30.3 Å². The zero-order chi connectivity index (χ0) is 27.7. The Kier molecular flexibility index (Phi) is 15.8. The van der Waals surface area contributed by atoms with Gasteiger partial charge in [0.15, 0.2) is 5.75 Å². The van der Waals surface area contributed by atoms with Gasteiger partial charge in [-0.3, -0.25) is 4.55 Å². The number of azo groups is 2. The van der Waals surface area contributed by atoms with Gasteiger partial charge in [0.1, 0.15) is 11.4 Å². The van der Waals surface area contributed by atoms with Crippen molar-refractivity contribution in [3.63, 3.8) is 0 Å². The zero-order valence-corrected chi connectivity index (χ0v) is 22.4. The molecule has 0 amide bonds. The Labute approximate surface area is 214 Å². The summed E-state index contributed by atoms with van der Waals surface area (Å²) >= 11 is 0.704. The smallest absolute Gasteiger partial charge is 0.261 e. The Bertz CT molecular complexity index is 1230. The predicted molar refractivity (Wildman–Crippen MR) is 142 cm³/mol. The van der Waals surface area contributed by atoms with Gasteiger partial charge in [-0.15, -0.1) is 9.45 Å². The lowest BCUT2D eigenvalue weighted by atomic mass is 10.1. The number of rotatable bonds is 6. The van der Waals surface area contributed by atoms with Gasteiger partial charge in [0.25, 0.3) is 10.1 Å². The highest BCUT2D eigenvalue weighted by Crippen LogP contribution is 2.46. The summed E-state index contributed by atoms with van der Waals surface area (Å²) in [5.41, 5.74) is 7.55. The van der Waals surface area contributed by atoms with Crippen LogP contribution in [0.4, 0.5) is 22.7 Å². The van der Waals surface area contributed by atoms with E-state index in [1.165, 1.54) is 7.05 Å². The number of hydrogen-bond donors (Lipinski definition) is 4. The van der Waals surface area contributed by atoms with Crippen molar-refractivity contribution < 1.29 is 32.7 Å². The molecule has 36 heavy (non-hydrogen) atoms. The number of hydrogen-bond acceptors (Lipinski definition) is 12. The van der Waals surface area contributed by atoms with Crippen LogP contribution in [-0.2, 0) is 19.5 Å². The first kappa shape index (κ1) is 32.9. The van der Waals surface area contributed by atoms with Gasteiger partial charge in [-0.2, -0.15) is 23.8 Å². The first-order valence-corrected chi connectivity index (χ1v) is 13.2. The number of benzene rings is 3. The molecule has 0 saturated carbocycles. The van der Waals surface area contributed by atoms with Crippen molar-refractivity contribution in [1.82, 2.24) is 0 Å². The molecule has 14 heteroatoms. The average molecular weight is 542 g/mol. The molecule has 0 spiro atoms. The largest absolute Gasteiger partial charge is 0.505 e. The summed E-state index contributed by atoms with van der Waals surface area (Å²) in [6.45, 7) is 8.00. The van der Waals surface area contributed by atoms with E-state index in [0.29, 0.717) is 39.7 Å². The van der Waals surface area contributed by atoms with Crippen LogP contribution in [-0.4, -0.2) is 36.6 Å². The minimum Gasteiger partial charge on any atom is -0.505 e. The van der Waals surface area contributed by atoms with Gasteiger partial charge in [0.05, 0.1) is 40.0 Å². The van der Waals surface area contributed by atoms with Gasteiger partial charge < -0.3 is 10.8 Å². The summed E-state index contributed by atoms with van der Waals surface area (Å²) < 4.78 is 30.3. The Morgan fingerprint density at radius 1 is 0.972 bits per heavy atom. The standard InChI is InChI=1S/C17H15N5O4S.2C2H6.CH4O3S/c1-19-22-16-13(27-26-25-24)9-10-7-8-12(17(23)14(10)15(16)18)21-20-11-5-3-2-4-6-11;2*1-2;1-5(2,3)4/h2-9,23-24H,18H2,1H3;2*1-2H3;1H3,(H,2,3,4). The molecule has 0 atom stereocenters. The van der Waals surface area contributed by atoms with Crippen molar-refractivity contribution in [2.75, 3.05) is 19.0 Å². The Hall–Kier alpha value is -3.14. The van der Waals surface area contributed by atoms with Crippen LogP contribution in [0.5, 0.6) is 5.75 Å². The lowest BCUT2D eigenvalue weighted by molar-refractivity contribution is -0.432. The third-order valence-electron chi connectivity index (χ3n) is 3.62. The van der Waals surface area contributed by atoms with Gasteiger partial charge in [-0.25, -0.2) is 5.26 Å². The number of fused-ring (bicyclic) bond motifs is 1. The van der Waals surface area contributed by atoms with Crippen LogP contribution < -0.4 is 5.73 Å². The molecule has 0 fully saturated rings. The fourth-order valence-electron chi connectivity index (χ4n) is 2.47. The third-order valence-corrected chi connectivity index (χ3v) is 4.24. The third kappa shape index (κ3) is 11.1. The van der Waals surface area contributed by atoms with Gasteiger partial charge >= 0.3 is 0 Å². The molecule has 0 saturated heterocycles. The molecule has 0 heterocycles. The molecule has 0 aromatic heterocycles. The summed E-state index contributed by atoms with van der Waals surface area (Å²) in [6.07, 6.45) is 0.715. The fourth-order valence-corrected chi connectivity index (χ4v) is 2.97. The molecular formula is C22H31N5O7S2. The molecule has 0 aliphatic rings. The Balaban J connectivity index is 0.00000119. The van der Waals surface area contributed by atoms with Crippen molar-refractivity contribution in [1.29, 1.82) is 0 Å². The molecule has 0 radical (unpaired) electrons. The van der Waals surface area contributed by atoms with Crippen molar-refractivity contribution in [3.8, 4) is 5.75 Å². The topological polar surface area (TPSA) is 189 Å². The van der Waals surface area contributed by atoms with E-state index in [-0.39, 0.29) is 22.8 Å². The monoisotopic (exact) mass is 541 g/mol. The zero-order valence-electron chi connectivity index (χ0n) is 20.8. The van der Waals surface area contributed by atoms with E-state index in [4.69, 9.17) is 15.5 Å². The minimum atomic E-state index is -3.67. The number of nitrogens with zero attached hydrogens (tertiary/aromatic N) is 4. The number of phenolic OH excluding ortho intramolecular Hbond substituents is 1. The number of anilines is 1. The average Bonchev–Trinajstić information content (AvgIpc) is 2.86. The van der Waals surface area contributed by atoms with E-state index in [2.05, 4.69) is 29.8 Å². The maximum Gasteiger partial charge on any atom is 0.261 e. The summed E-state index contributed by atoms with van der Waals surface area (Å²) in [6, 6.07) is 14.1. The van der Waals surface area contributed by atoms with Crippen LogP contribution in [0, 0.1) is 0 Å². The highest BCUT2D eigenvalue weighted by atomic mass is 32.2. The molecule has 5 N–H and O–H groups in total. The molecular weight excluding hydrogens is 510 g/mol. The molecule has 0 aliphatic heterocycles. The molecule has 3 rings (SSSR count). The maximum absolute atomic E-state index is 10.7.